The van der Waals surface area contributed by atoms with Gasteiger partial charge in [-0.3, -0.25) is 4.98 Å². The van der Waals surface area contributed by atoms with Gasteiger partial charge >= 0.3 is 14.5 Å². The molecule has 1 aromatic rings. The van der Waals surface area contributed by atoms with Gasteiger partial charge in [-0.15, -0.1) is 0 Å². The Hall–Kier alpha value is -0.358. The second kappa shape index (κ2) is 6.27. The molecule has 0 N–H and O–H groups in total. The second-order valence-electron chi connectivity index (χ2n) is 4.58. The molecule has 0 saturated heterocycles. The molecule has 0 spiro atoms. The van der Waals surface area contributed by atoms with Gasteiger partial charge in [0.05, 0.1) is 12.3 Å². The van der Waals surface area contributed by atoms with Gasteiger partial charge in [-0.2, -0.15) is 0 Å². The Balaban J connectivity index is 2.47. The van der Waals surface area contributed by atoms with Gasteiger partial charge in [0.25, 0.3) is 0 Å². The zero-order chi connectivity index (χ0) is 11.3. The van der Waals surface area contributed by atoms with Crippen LogP contribution >= 0.6 is 0 Å². The van der Waals surface area contributed by atoms with E-state index in [-0.39, 0.29) is 0 Å². The largest absolute Gasteiger partial charge is 0.496 e. The van der Waals surface area contributed by atoms with Crippen molar-refractivity contribution >= 4 is 14.5 Å². The standard InChI is InChI=1S/C6H6NO.2C3H7.Al/c8-5-6-3-1-2-4-7-6;2*1-3-2;/h1-4H,5H2;2*3H,1-2H3;/q-1;;;+1. The van der Waals surface area contributed by atoms with Crippen molar-refractivity contribution in [3.8, 4) is 0 Å². The molecule has 3 heteroatoms. The highest BCUT2D eigenvalue weighted by molar-refractivity contribution is 6.54. The maximum absolute atomic E-state index is 6.03. The molecule has 82 valence electrons. The summed E-state index contributed by atoms with van der Waals surface area (Å²) in [5, 5.41) is 0. The summed E-state index contributed by atoms with van der Waals surface area (Å²) in [5.74, 6) is 0. The Morgan fingerprint density at radius 1 is 1.20 bits per heavy atom. The Labute approximate surface area is 97.4 Å². The Bertz CT molecular complexity index is 266. The topological polar surface area (TPSA) is 22.1 Å². The molecule has 0 atom stereocenters. The lowest BCUT2D eigenvalue weighted by Crippen LogP contribution is -2.25. The minimum Gasteiger partial charge on any atom is -0.496 e. The highest BCUT2D eigenvalue weighted by atomic mass is 27.2. The zero-order valence-electron chi connectivity index (χ0n) is 10.1. The van der Waals surface area contributed by atoms with Crippen LogP contribution in [0.1, 0.15) is 33.4 Å². The quantitative estimate of drug-likeness (QED) is 0.711. The predicted molar refractivity (Wildman–Crippen MR) is 65.0 cm³/mol. The van der Waals surface area contributed by atoms with Crippen molar-refractivity contribution in [2.75, 3.05) is 0 Å². The average Bonchev–Trinajstić information content (AvgIpc) is 2.18. The molecule has 0 bridgehead atoms. The molecule has 0 aliphatic rings. The number of aromatic nitrogens is 1. The molecule has 0 aromatic carbocycles. The number of hydrogen-bond acceptors (Lipinski definition) is 2. The van der Waals surface area contributed by atoms with Crippen LogP contribution in [0, 0.1) is 0 Å². The van der Waals surface area contributed by atoms with Gasteiger partial charge in [0, 0.05) is 6.20 Å². The van der Waals surface area contributed by atoms with Gasteiger partial charge in [-0.05, 0) is 12.1 Å². The molecule has 0 radical (unpaired) electrons. The summed E-state index contributed by atoms with van der Waals surface area (Å²) in [4.78, 5) is 4.27. The molecule has 2 nitrogen and oxygen atoms in total. The van der Waals surface area contributed by atoms with Crippen LogP contribution in [0.2, 0.25) is 9.56 Å². The van der Waals surface area contributed by atoms with Crippen LogP contribution in [0.15, 0.2) is 24.4 Å². The monoisotopic (exact) mass is 221 g/mol. The van der Waals surface area contributed by atoms with E-state index in [4.69, 9.17) is 3.79 Å². The van der Waals surface area contributed by atoms with Gasteiger partial charge in [0.2, 0.25) is 0 Å². The fourth-order valence-electron chi connectivity index (χ4n) is 1.82. The molecule has 1 aromatic heterocycles. The fourth-order valence-corrected chi connectivity index (χ4v) is 4.49. The van der Waals surface area contributed by atoms with Crippen LogP contribution in [-0.2, 0) is 10.4 Å². The molecule has 0 fully saturated rings. The third-order valence-electron chi connectivity index (χ3n) is 2.46. The van der Waals surface area contributed by atoms with Crippen molar-refractivity contribution in [1.29, 1.82) is 0 Å². The molecular weight excluding hydrogens is 201 g/mol. The molecule has 0 unspecified atom stereocenters. The normalized spacial score (nSPS) is 11.1. The van der Waals surface area contributed by atoms with E-state index in [0.29, 0.717) is 16.2 Å². The number of nitrogens with zero attached hydrogens (tertiary/aromatic N) is 1. The summed E-state index contributed by atoms with van der Waals surface area (Å²) in [6.07, 6.45) is 1.82. The van der Waals surface area contributed by atoms with Crippen LogP contribution in [0.4, 0.5) is 0 Å². The van der Waals surface area contributed by atoms with Crippen LogP contribution in [0.25, 0.3) is 0 Å². The molecule has 15 heavy (non-hydrogen) atoms. The summed E-state index contributed by atoms with van der Waals surface area (Å²) < 4.78 is 7.40. The van der Waals surface area contributed by atoms with E-state index < -0.39 is 14.5 Å². The summed E-state index contributed by atoms with van der Waals surface area (Å²) in [6.45, 7) is 9.71. The fraction of sp³-hybridized carbons (Fsp3) is 0.583. The highest BCUT2D eigenvalue weighted by Crippen LogP contribution is 2.21. The van der Waals surface area contributed by atoms with Gasteiger partial charge < -0.3 is 3.79 Å². The van der Waals surface area contributed by atoms with Crippen molar-refractivity contribution < 1.29 is 3.79 Å². The van der Waals surface area contributed by atoms with Crippen molar-refractivity contribution in [3.63, 3.8) is 0 Å². The Morgan fingerprint density at radius 2 is 1.87 bits per heavy atom. The van der Waals surface area contributed by atoms with Gasteiger partial charge in [0.15, 0.2) is 0 Å². The lowest BCUT2D eigenvalue weighted by atomic mass is 10.4. The Kier molecular flexibility index (Phi) is 5.32. The van der Waals surface area contributed by atoms with Crippen LogP contribution in [0.5, 0.6) is 0 Å². The molecule has 0 aliphatic heterocycles. The van der Waals surface area contributed by atoms with Crippen LogP contribution < -0.4 is 0 Å². The molecule has 1 rings (SSSR count). The molecule has 0 saturated carbocycles. The third-order valence-corrected chi connectivity index (χ3v) is 5.64. The predicted octanol–water partition coefficient (Wildman–Crippen LogP) is 3.41. The van der Waals surface area contributed by atoms with E-state index in [2.05, 4.69) is 32.7 Å². The number of rotatable bonds is 5. The zero-order valence-corrected chi connectivity index (χ0v) is 11.3. The highest BCUT2D eigenvalue weighted by Gasteiger charge is 2.28. The van der Waals surface area contributed by atoms with Crippen molar-refractivity contribution in [2.45, 2.75) is 43.9 Å². The SMILES string of the molecule is C[CH](C)[Al]([O]Cc1ccccn1)[CH](C)C. The van der Waals surface area contributed by atoms with E-state index >= 15 is 0 Å². The maximum Gasteiger partial charge on any atom is 0.466 e. The second-order valence-corrected chi connectivity index (χ2v) is 8.51. The van der Waals surface area contributed by atoms with E-state index in [1.807, 2.05) is 24.4 Å². The van der Waals surface area contributed by atoms with Gasteiger partial charge in [0.1, 0.15) is 0 Å². The van der Waals surface area contributed by atoms with Gasteiger partial charge in [-0.25, -0.2) is 0 Å². The Morgan fingerprint density at radius 3 is 2.33 bits per heavy atom. The lowest BCUT2D eigenvalue weighted by molar-refractivity contribution is 0.291. The van der Waals surface area contributed by atoms with E-state index in [0.717, 1.165) is 5.69 Å². The van der Waals surface area contributed by atoms with E-state index in [1.54, 1.807) is 0 Å². The molecule has 1 heterocycles. The lowest BCUT2D eigenvalue weighted by Gasteiger charge is -2.19. The first-order valence-corrected chi connectivity index (χ1v) is 7.43. The molecular formula is C12H20AlNO. The first-order chi connectivity index (χ1) is 7.11. The minimum absolute atomic E-state index is 0.675. The van der Waals surface area contributed by atoms with Crippen molar-refractivity contribution in [1.82, 2.24) is 4.98 Å². The van der Waals surface area contributed by atoms with E-state index in [9.17, 15) is 0 Å². The maximum atomic E-state index is 6.03. The smallest absolute Gasteiger partial charge is 0.466 e. The summed E-state index contributed by atoms with van der Waals surface area (Å²) in [5.41, 5.74) is 1.04. The van der Waals surface area contributed by atoms with Gasteiger partial charge in [-0.1, -0.05) is 43.3 Å². The van der Waals surface area contributed by atoms with Crippen molar-refractivity contribution in [3.05, 3.63) is 30.1 Å². The third kappa shape index (κ3) is 4.34. The first-order valence-electron chi connectivity index (χ1n) is 5.62. The number of pyridine rings is 1. The summed E-state index contributed by atoms with van der Waals surface area (Å²) >= 11 is -1.09. The average molecular weight is 221 g/mol. The van der Waals surface area contributed by atoms with E-state index in [1.165, 1.54) is 0 Å². The molecule has 0 aliphatic carbocycles. The van der Waals surface area contributed by atoms with Crippen LogP contribution in [-0.4, -0.2) is 19.5 Å². The summed E-state index contributed by atoms with van der Waals surface area (Å²) in [6, 6.07) is 5.96. The summed E-state index contributed by atoms with van der Waals surface area (Å²) in [7, 11) is 0. The first kappa shape index (κ1) is 12.7. The van der Waals surface area contributed by atoms with Crippen LogP contribution in [0.3, 0.4) is 0 Å². The number of hydrogen-bond donors (Lipinski definition) is 0. The minimum atomic E-state index is -1.09. The molecule has 0 amide bonds. The van der Waals surface area contributed by atoms with Crippen molar-refractivity contribution in [2.24, 2.45) is 0 Å².